The number of carbonyl (C=O) groups is 2. The number of aliphatic carboxylic acids is 1. The number of unbranched alkanes of at least 4 members (excludes halogenated alkanes) is 2. The molecule has 0 aliphatic rings. The van der Waals surface area contributed by atoms with E-state index in [0.29, 0.717) is 32.7 Å². The fraction of sp³-hybridized carbons (Fsp3) is 0.800. The number of carboxylic acids is 1. The molecule has 6 heteroatoms. The fourth-order valence-electron chi connectivity index (χ4n) is 1.01. The van der Waals surface area contributed by atoms with Crippen molar-refractivity contribution in [3.8, 4) is 0 Å². The molecule has 0 saturated heterocycles. The third-order valence-corrected chi connectivity index (χ3v) is 1.77. The maximum absolute atomic E-state index is 10.2. The lowest BCUT2D eigenvalue weighted by atomic mass is 10.2. The average Bonchev–Trinajstić information content (AvgIpc) is 2.25. The molecule has 0 unspecified atom stereocenters. The van der Waals surface area contributed by atoms with Crippen LogP contribution in [0, 0.1) is 0 Å². The van der Waals surface area contributed by atoms with Gasteiger partial charge in [-0.15, -0.1) is 0 Å². The topological polar surface area (TPSA) is 82.1 Å². The van der Waals surface area contributed by atoms with Crippen LogP contribution in [0.3, 0.4) is 0 Å². The lowest BCUT2D eigenvalue weighted by Gasteiger charge is -2.04. The van der Waals surface area contributed by atoms with Crippen LogP contribution in [0.5, 0.6) is 0 Å². The second-order valence-electron chi connectivity index (χ2n) is 3.11. The lowest BCUT2D eigenvalue weighted by Crippen LogP contribution is -2.07. The summed E-state index contributed by atoms with van der Waals surface area (Å²) in [6, 6.07) is 0. The minimum absolute atomic E-state index is 0.0501. The van der Waals surface area contributed by atoms with Gasteiger partial charge in [0.25, 0.3) is 6.47 Å². The predicted molar refractivity (Wildman–Crippen MR) is 54.9 cm³/mol. The van der Waals surface area contributed by atoms with Crippen LogP contribution in [0.15, 0.2) is 0 Å². The highest BCUT2D eigenvalue weighted by Gasteiger charge is 1.96. The maximum Gasteiger partial charge on any atom is 0.303 e. The van der Waals surface area contributed by atoms with Crippen molar-refractivity contribution in [3.63, 3.8) is 0 Å². The van der Waals surface area contributed by atoms with Crippen molar-refractivity contribution in [2.45, 2.75) is 25.7 Å². The Hall–Kier alpha value is -1.14. The Labute approximate surface area is 94.5 Å². The summed E-state index contributed by atoms with van der Waals surface area (Å²) in [4.78, 5) is 19.9. The Morgan fingerprint density at radius 1 is 1.06 bits per heavy atom. The minimum Gasteiger partial charge on any atom is -0.481 e. The third-order valence-electron chi connectivity index (χ3n) is 1.77. The predicted octanol–water partition coefficient (Wildman–Crippen LogP) is 0.795. The van der Waals surface area contributed by atoms with Gasteiger partial charge in [0.2, 0.25) is 0 Å². The first-order chi connectivity index (χ1) is 7.77. The van der Waals surface area contributed by atoms with Gasteiger partial charge in [0.15, 0.2) is 6.79 Å². The zero-order valence-corrected chi connectivity index (χ0v) is 9.22. The Morgan fingerprint density at radius 2 is 1.81 bits per heavy atom. The zero-order chi connectivity index (χ0) is 12.1. The Balaban J connectivity index is 2.93. The molecule has 0 heterocycles. The summed E-state index contributed by atoms with van der Waals surface area (Å²) >= 11 is 0. The number of carboxylic acid groups (broad SMARTS) is 1. The summed E-state index contributed by atoms with van der Waals surface area (Å²) in [6.45, 7) is 1.69. The minimum atomic E-state index is -0.760. The summed E-state index contributed by atoms with van der Waals surface area (Å²) in [5.41, 5.74) is 0. The van der Waals surface area contributed by atoms with Crippen molar-refractivity contribution in [3.05, 3.63) is 0 Å². The third kappa shape index (κ3) is 12.9. The van der Waals surface area contributed by atoms with Gasteiger partial charge in [0.05, 0.1) is 13.2 Å². The highest BCUT2D eigenvalue weighted by Crippen LogP contribution is 1.99. The van der Waals surface area contributed by atoms with Crippen molar-refractivity contribution >= 4 is 12.4 Å². The molecule has 0 spiro atoms. The van der Waals surface area contributed by atoms with E-state index in [2.05, 4.69) is 4.74 Å². The molecule has 0 aromatic heterocycles. The van der Waals surface area contributed by atoms with E-state index in [-0.39, 0.29) is 13.2 Å². The molecular weight excluding hydrogens is 216 g/mol. The number of carbonyl (C=O) groups excluding carboxylic acids is 1. The van der Waals surface area contributed by atoms with Gasteiger partial charge < -0.3 is 19.3 Å². The van der Waals surface area contributed by atoms with Crippen LogP contribution in [0.1, 0.15) is 25.7 Å². The molecule has 0 fully saturated rings. The van der Waals surface area contributed by atoms with Crippen molar-refractivity contribution in [1.82, 2.24) is 0 Å². The van der Waals surface area contributed by atoms with E-state index in [4.69, 9.17) is 14.6 Å². The van der Waals surface area contributed by atoms with E-state index in [9.17, 15) is 9.59 Å². The molecule has 0 rings (SSSR count). The maximum atomic E-state index is 10.2. The molecule has 0 aliphatic heterocycles. The van der Waals surface area contributed by atoms with Crippen molar-refractivity contribution in [2.75, 3.05) is 26.6 Å². The average molecular weight is 234 g/mol. The molecule has 0 bridgehead atoms. The van der Waals surface area contributed by atoms with Gasteiger partial charge in [0.1, 0.15) is 0 Å². The van der Waals surface area contributed by atoms with Gasteiger partial charge in [-0.3, -0.25) is 9.59 Å². The van der Waals surface area contributed by atoms with Crippen LogP contribution in [-0.4, -0.2) is 44.2 Å². The number of hydrogen-bond donors (Lipinski definition) is 1. The molecule has 0 radical (unpaired) electrons. The van der Waals surface area contributed by atoms with Crippen molar-refractivity contribution in [2.24, 2.45) is 0 Å². The Morgan fingerprint density at radius 3 is 2.50 bits per heavy atom. The van der Waals surface area contributed by atoms with Crippen LogP contribution in [0.2, 0.25) is 0 Å². The molecule has 0 saturated carbocycles. The normalized spacial score (nSPS) is 10.0. The molecular formula is C10H18O6. The lowest BCUT2D eigenvalue weighted by molar-refractivity contribution is -0.142. The van der Waals surface area contributed by atoms with Crippen LogP contribution in [0.25, 0.3) is 0 Å². The van der Waals surface area contributed by atoms with E-state index in [0.717, 1.165) is 12.8 Å². The first-order valence-electron chi connectivity index (χ1n) is 5.20. The monoisotopic (exact) mass is 234 g/mol. The second-order valence-corrected chi connectivity index (χ2v) is 3.11. The molecule has 0 atom stereocenters. The van der Waals surface area contributed by atoms with Gasteiger partial charge in [0, 0.05) is 13.0 Å². The molecule has 0 amide bonds. The number of ether oxygens (including phenoxy) is 3. The van der Waals surface area contributed by atoms with E-state index in [1.165, 1.54) is 0 Å². The molecule has 0 aromatic rings. The molecule has 0 aromatic carbocycles. The van der Waals surface area contributed by atoms with E-state index >= 15 is 0 Å². The van der Waals surface area contributed by atoms with E-state index < -0.39 is 5.97 Å². The summed E-state index contributed by atoms with van der Waals surface area (Å²) in [5.74, 6) is -0.760. The van der Waals surface area contributed by atoms with Gasteiger partial charge in [-0.2, -0.15) is 0 Å². The quantitative estimate of drug-likeness (QED) is 0.305. The summed E-state index contributed by atoms with van der Waals surface area (Å²) in [5, 5.41) is 8.37. The molecule has 94 valence electrons. The van der Waals surface area contributed by atoms with Gasteiger partial charge >= 0.3 is 5.97 Å². The van der Waals surface area contributed by atoms with Gasteiger partial charge in [-0.25, -0.2) is 0 Å². The first kappa shape index (κ1) is 14.9. The van der Waals surface area contributed by atoms with Gasteiger partial charge in [-0.05, 0) is 12.8 Å². The highest BCUT2D eigenvalue weighted by atomic mass is 16.7. The number of rotatable bonds is 12. The Kier molecular flexibility index (Phi) is 11.1. The largest absolute Gasteiger partial charge is 0.481 e. The van der Waals surface area contributed by atoms with E-state index in [1.807, 2.05) is 0 Å². The molecule has 6 nitrogen and oxygen atoms in total. The molecule has 16 heavy (non-hydrogen) atoms. The van der Waals surface area contributed by atoms with E-state index in [1.54, 1.807) is 0 Å². The van der Waals surface area contributed by atoms with Crippen molar-refractivity contribution < 1.29 is 28.9 Å². The van der Waals surface area contributed by atoms with Crippen LogP contribution in [-0.2, 0) is 23.8 Å². The van der Waals surface area contributed by atoms with Gasteiger partial charge in [-0.1, -0.05) is 6.42 Å². The smallest absolute Gasteiger partial charge is 0.303 e. The van der Waals surface area contributed by atoms with Crippen LogP contribution in [0.4, 0.5) is 0 Å². The SMILES string of the molecule is O=COCOCCOCCCCCC(=O)O. The summed E-state index contributed by atoms with van der Waals surface area (Å²) in [7, 11) is 0. The van der Waals surface area contributed by atoms with Crippen LogP contribution < -0.4 is 0 Å². The van der Waals surface area contributed by atoms with Crippen molar-refractivity contribution in [1.29, 1.82) is 0 Å². The first-order valence-corrected chi connectivity index (χ1v) is 5.20. The Bertz CT molecular complexity index is 182. The fourth-order valence-corrected chi connectivity index (χ4v) is 1.01. The zero-order valence-electron chi connectivity index (χ0n) is 9.22. The number of hydrogen-bond acceptors (Lipinski definition) is 5. The summed E-state index contributed by atoms with van der Waals surface area (Å²) in [6.07, 6.45) is 2.59. The molecule has 0 aliphatic carbocycles. The summed E-state index contributed by atoms with van der Waals surface area (Å²) < 4.78 is 14.4. The standard InChI is InChI=1S/C10H18O6/c11-8-16-9-15-7-6-14-5-3-1-2-4-10(12)13/h8H,1-7,9H2,(H,12,13). The van der Waals surface area contributed by atoms with Crippen LogP contribution >= 0.6 is 0 Å². The highest BCUT2D eigenvalue weighted by molar-refractivity contribution is 5.66. The second kappa shape index (κ2) is 11.9. The molecule has 1 N–H and O–H groups in total.